The van der Waals surface area contributed by atoms with E-state index in [1.165, 1.54) is 0 Å². The summed E-state index contributed by atoms with van der Waals surface area (Å²) in [6.07, 6.45) is 3.65. The molecule has 0 saturated heterocycles. The van der Waals surface area contributed by atoms with Gasteiger partial charge in [0, 0.05) is 46.1 Å². The Bertz CT molecular complexity index is 3200. The molecule has 248 valence electrons. The monoisotopic (exact) mass is 682 g/mol. The van der Waals surface area contributed by atoms with Crippen LogP contribution in [0.2, 0.25) is 0 Å². The van der Waals surface area contributed by atoms with Gasteiger partial charge in [0.25, 0.3) is 0 Å². The quantitative estimate of drug-likeness (QED) is 0.185. The van der Waals surface area contributed by atoms with E-state index in [9.17, 15) is 0 Å². The smallest absolute Gasteiger partial charge is 0.149 e. The molecular weight excluding hydrogens is 657 g/mol. The van der Waals surface area contributed by atoms with E-state index in [1.54, 1.807) is 0 Å². The van der Waals surface area contributed by atoms with Crippen LogP contribution in [0.1, 0.15) is 0 Å². The summed E-state index contributed by atoms with van der Waals surface area (Å²) in [5.74, 6) is 2.96. The maximum absolute atomic E-state index is 7.34. The highest BCUT2D eigenvalue weighted by atomic mass is 16.5. The molecule has 6 aromatic carbocycles. The average molecular weight is 683 g/mol. The van der Waals surface area contributed by atoms with Crippen molar-refractivity contribution in [2.24, 2.45) is 0 Å². The van der Waals surface area contributed by atoms with Gasteiger partial charge in [-0.15, -0.1) is 0 Å². The third kappa shape index (κ3) is 3.88. The number of ether oxygens (including phenoxy) is 1. The van der Waals surface area contributed by atoms with Crippen LogP contribution in [0.25, 0.3) is 99.1 Å². The number of nitrogens with zero attached hydrogens (tertiary/aromatic N) is 4. The van der Waals surface area contributed by atoms with Gasteiger partial charge in [0.1, 0.15) is 45.5 Å². The average Bonchev–Trinajstić information content (AvgIpc) is 3.96. The normalized spacial score (nSPS) is 12.2. The summed E-state index contributed by atoms with van der Waals surface area (Å²) in [4.78, 5) is 9.58. The van der Waals surface area contributed by atoms with Gasteiger partial charge in [-0.25, -0.2) is 9.97 Å². The summed E-state index contributed by atoms with van der Waals surface area (Å²) < 4.78 is 25.3. The molecule has 0 saturated carbocycles. The predicted octanol–water partition coefficient (Wildman–Crippen LogP) is 12.3. The molecule has 0 spiro atoms. The van der Waals surface area contributed by atoms with E-state index in [0.29, 0.717) is 11.5 Å². The molecule has 0 aliphatic heterocycles. The number of furan rings is 2. The third-order valence-corrected chi connectivity index (χ3v) is 10.5. The molecule has 0 radical (unpaired) electrons. The minimum absolute atomic E-state index is 0.670. The molecule has 0 unspecified atom stereocenters. The maximum Gasteiger partial charge on any atom is 0.149 e. The van der Waals surface area contributed by atoms with Crippen molar-refractivity contribution >= 4 is 87.5 Å². The summed E-state index contributed by atoms with van der Waals surface area (Å²) in [7, 11) is 0. The van der Waals surface area contributed by atoms with Crippen LogP contribution >= 0.6 is 0 Å². The zero-order chi connectivity index (χ0) is 34.6. The first-order valence-corrected chi connectivity index (χ1v) is 17.6. The van der Waals surface area contributed by atoms with Crippen molar-refractivity contribution in [1.82, 2.24) is 19.1 Å². The largest absolute Gasteiger partial charge is 0.456 e. The lowest BCUT2D eigenvalue weighted by molar-refractivity contribution is 0.495. The molecule has 0 atom stereocenters. The number of hydrogen-bond donors (Lipinski definition) is 0. The molecular formula is C46H26N4O3. The lowest BCUT2D eigenvalue weighted by Gasteiger charge is -2.13. The number of para-hydroxylation sites is 4. The molecule has 0 fully saturated rings. The van der Waals surface area contributed by atoms with Gasteiger partial charge < -0.3 is 13.6 Å². The number of fused-ring (bicyclic) bond motifs is 14. The Morgan fingerprint density at radius 1 is 0.396 bits per heavy atom. The molecule has 53 heavy (non-hydrogen) atoms. The highest BCUT2D eigenvalue weighted by molar-refractivity contribution is 6.27. The summed E-state index contributed by atoms with van der Waals surface area (Å²) in [6, 6.07) is 49.4. The van der Waals surface area contributed by atoms with E-state index in [0.717, 1.165) is 99.1 Å². The van der Waals surface area contributed by atoms with Crippen molar-refractivity contribution < 1.29 is 13.6 Å². The minimum atomic E-state index is 0.670. The van der Waals surface area contributed by atoms with Gasteiger partial charge in [-0.2, -0.15) is 0 Å². The Morgan fingerprint density at radius 2 is 0.811 bits per heavy atom. The second kappa shape index (κ2) is 10.6. The van der Waals surface area contributed by atoms with E-state index in [-0.39, 0.29) is 0 Å². The first kappa shape index (κ1) is 28.3. The topological polar surface area (TPSA) is 71.2 Å². The van der Waals surface area contributed by atoms with Crippen molar-refractivity contribution in [2.45, 2.75) is 0 Å². The highest BCUT2D eigenvalue weighted by Gasteiger charge is 2.26. The summed E-state index contributed by atoms with van der Waals surface area (Å²) in [5, 5.41) is 7.94. The van der Waals surface area contributed by atoms with E-state index in [2.05, 4.69) is 81.9 Å². The minimum Gasteiger partial charge on any atom is -0.456 e. The molecule has 0 aliphatic rings. The van der Waals surface area contributed by atoms with Gasteiger partial charge in [-0.05, 0) is 48.5 Å². The number of benzene rings is 6. The van der Waals surface area contributed by atoms with Gasteiger partial charge in [0.15, 0.2) is 0 Å². The molecule has 0 bridgehead atoms. The molecule has 7 heteroatoms. The van der Waals surface area contributed by atoms with Crippen LogP contribution in [-0.4, -0.2) is 19.1 Å². The summed E-state index contributed by atoms with van der Waals surface area (Å²) >= 11 is 0. The van der Waals surface area contributed by atoms with Gasteiger partial charge in [-0.3, -0.25) is 9.13 Å². The fourth-order valence-corrected chi connectivity index (χ4v) is 8.34. The molecule has 0 N–H and O–H groups in total. The molecule has 7 nitrogen and oxygen atoms in total. The predicted molar refractivity (Wildman–Crippen MR) is 212 cm³/mol. The molecule has 6 aromatic heterocycles. The second-order valence-corrected chi connectivity index (χ2v) is 13.3. The SMILES string of the molecule is c1ccc(-n2c3ccccc3c3c4oc5ccccc5c4c(Oc4cc5c(c6ccccc6n5-c5ccccn5)c5oc6ccccc6c45)cc32)nc1. The highest BCUT2D eigenvalue weighted by Crippen LogP contribution is 2.50. The summed E-state index contributed by atoms with van der Waals surface area (Å²) in [6.45, 7) is 0. The van der Waals surface area contributed by atoms with Crippen molar-refractivity contribution in [2.75, 3.05) is 0 Å². The van der Waals surface area contributed by atoms with Gasteiger partial charge in [-0.1, -0.05) is 84.9 Å². The number of pyridine rings is 2. The van der Waals surface area contributed by atoms with Gasteiger partial charge in [0.2, 0.25) is 0 Å². The number of aromatic nitrogens is 4. The zero-order valence-corrected chi connectivity index (χ0v) is 28.0. The van der Waals surface area contributed by atoms with E-state index >= 15 is 0 Å². The lowest BCUT2D eigenvalue weighted by Crippen LogP contribution is -1.97. The van der Waals surface area contributed by atoms with Crippen LogP contribution in [0.15, 0.2) is 167 Å². The summed E-state index contributed by atoms with van der Waals surface area (Å²) in [5.41, 5.74) is 7.04. The number of hydrogen-bond acceptors (Lipinski definition) is 5. The lowest BCUT2D eigenvalue weighted by atomic mass is 10.1. The van der Waals surface area contributed by atoms with E-state index < -0.39 is 0 Å². The van der Waals surface area contributed by atoms with E-state index in [4.69, 9.17) is 23.5 Å². The maximum atomic E-state index is 7.34. The Labute approximate surface area is 300 Å². The first-order valence-electron chi connectivity index (χ1n) is 17.6. The van der Waals surface area contributed by atoms with Crippen molar-refractivity contribution in [3.63, 3.8) is 0 Å². The number of rotatable bonds is 4. The molecule has 12 rings (SSSR count). The van der Waals surface area contributed by atoms with Crippen LogP contribution in [-0.2, 0) is 0 Å². The van der Waals surface area contributed by atoms with Gasteiger partial charge >= 0.3 is 0 Å². The Hall–Kier alpha value is -7.38. The fourth-order valence-electron chi connectivity index (χ4n) is 8.34. The molecule has 6 heterocycles. The van der Waals surface area contributed by atoms with Crippen molar-refractivity contribution in [3.8, 4) is 23.1 Å². The third-order valence-electron chi connectivity index (χ3n) is 10.5. The standard InChI is InChI=1S/C46H26N4O3/c1-5-17-31-27(13-1)41-33(49(31)39-21-9-11-23-47-39)25-37(43-29-15-3-7-19-35(29)52-45(41)43)51-38-26-34-42(46-44(38)30-16-4-8-20-36(30)53-46)28-14-2-6-18-32(28)50(34)40-22-10-12-24-48-40/h1-26H. The Balaban J connectivity index is 1.24. The fraction of sp³-hybridized carbons (Fsp3) is 0. The van der Waals surface area contributed by atoms with Crippen LogP contribution in [0.5, 0.6) is 11.5 Å². The molecule has 0 amide bonds. The molecule has 0 aliphatic carbocycles. The van der Waals surface area contributed by atoms with Crippen LogP contribution in [0, 0.1) is 0 Å². The van der Waals surface area contributed by atoms with Gasteiger partial charge in [0.05, 0.1) is 43.6 Å². The first-order chi connectivity index (χ1) is 26.3. The second-order valence-electron chi connectivity index (χ2n) is 13.3. The Morgan fingerprint density at radius 3 is 1.26 bits per heavy atom. The zero-order valence-electron chi connectivity index (χ0n) is 28.0. The van der Waals surface area contributed by atoms with Crippen molar-refractivity contribution in [3.05, 3.63) is 158 Å². The van der Waals surface area contributed by atoms with Crippen LogP contribution in [0.4, 0.5) is 0 Å². The van der Waals surface area contributed by atoms with Crippen LogP contribution in [0.3, 0.4) is 0 Å². The molecule has 12 aromatic rings. The van der Waals surface area contributed by atoms with Crippen LogP contribution < -0.4 is 4.74 Å². The van der Waals surface area contributed by atoms with E-state index in [1.807, 2.05) is 85.2 Å². The Kier molecular flexibility index (Phi) is 5.65. The van der Waals surface area contributed by atoms with Crippen molar-refractivity contribution in [1.29, 1.82) is 0 Å².